The van der Waals surface area contributed by atoms with Crippen molar-refractivity contribution >= 4 is 17.7 Å². The van der Waals surface area contributed by atoms with E-state index in [1.165, 1.54) is 48.9 Å². The van der Waals surface area contributed by atoms with Crippen molar-refractivity contribution in [2.45, 2.75) is 55.3 Å². The third kappa shape index (κ3) is 5.07. The van der Waals surface area contributed by atoms with E-state index in [4.69, 9.17) is 0 Å². The number of hydrogen-bond donors (Lipinski definition) is 1. The quantitative estimate of drug-likeness (QED) is 0.278. The lowest BCUT2D eigenvalue weighted by Crippen LogP contribution is -2.08. The Bertz CT molecular complexity index is 1420. The Labute approximate surface area is 220 Å². The molecular formula is C29H31N5O2S. The lowest BCUT2D eigenvalue weighted by atomic mass is 9.91. The minimum atomic E-state index is -0.954. The Hall–Kier alpha value is -3.39. The third-order valence-electron chi connectivity index (χ3n) is 7.65. The predicted octanol–water partition coefficient (Wildman–Crippen LogP) is 6.31. The molecule has 4 aromatic rings. The van der Waals surface area contributed by atoms with Gasteiger partial charge in [-0.05, 0) is 60.6 Å². The van der Waals surface area contributed by atoms with E-state index in [2.05, 4.69) is 51.8 Å². The summed E-state index contributed by atoms with van der Waals surface area (Å²) in [6, 6.07) is 17.0. The van der Waals surface area contributed by atoms with Crippen molar-refractivity contribution in [3.8, 4) is 16.8 Å². The number of aryl methyl sites for hydroxylation is 1. The average Bonchev–Trinajstić information content (AvgIpc) is 3.37. The maximum Gasteiger partial charge on any atom is 0.339 e. The zero-order valence-corrected chi connectivity index (χ0v) is 21.8. The molecule has 2 atom stereocenters. The van der Waals surface area contributed by atoms with Crippen LogP contribution in [-0.2, 0) is 7.05 Å². The van der Waals surface area contributed by atoms with E-state index in [9.17, 15) is 9.90 Å². The van der Waals surface area contributed by atoms with Crippen LogP contribution in [0.25, 0.3) is 16.8 Å². The fraction of sp³-hybridized carbons (Fsp3) is 0.379. The van der Waals surface area contributed by atoms with Gasteiger partial charge in [-0.15, -0.1) is 16.9 Å². The van der Waals surface area contributed by atoms with Gasteiger partial charge in [-0.1, -0.05) is 48.7 Å². The summed E-state index contributed by atoms with van der Waals surface area (Å²) in [6.07, 6.45) is 11.1. The summed E-state index contributed by atoms with van der Waals surface area (Å²) >= 11 is 1.96. The van der Waals surface area contributed by atoms with Crippen LogP contribution in [0.15, 0.2) is 65.8 Å². The lowest BCUT2D eigenvalue weighted by molar-refractivity contribution is 0.0695. The molecule has 0 saturated heterocycles. The van der Waals surface area contributed by atoms with Gasteiger partial charge in [0, 0.05) is 35.7 Å². The van der Waals surface area contributed by atoms with E-state index in [0.717, 1.165) is 40.5 Å². The van der Waals surface area contributed by atoms with E-state index in [1.807, 2.05) is 37.1 Å². The van der Waals surface area contributed by atoms with Gasteiger partial charge in [0.25, 0.3) is 0 Å². The van der Waals surface area contributed by atoms with Crippen LogP contribution in [0.1, 0.15) is 72.1 Å². The van der Waals surface area contributed by atoms with Gasteiger partial charge in [0.15, 0.2) is 0 Å². The van der Waals surface area contributed by atoms with E-state index >= 15 is 0 Å². The van der Waals surface area contributed by atoms with Crippen molar-refractivity contribution < 1.29 is 9.90 Å². The standard InChI is InChI=1S/C29H31N5O2S/c1-33-17-27(31-32-33)24-15-25(24)28-26(29(35)36)16-30-34(28)22-11-5-9-20(13-22)21-10-6-12-23(14-21)37-18-19-7-3-2-4-8-19/h5-6,9-14,16-17,19,24-25H,2-4,7-8,15,18H2,1H3,(H,35,36)/t24?,25-/m1/s1. The monoisotopic (exact) mass is 513 g/mol. The smallest absolute Gasteiger partial charge is 0.339 e. The second kappa shape index (κ2) is 10.2. The van der Waals surface area contributed by atoms with Crippen LogP contribution in [0, 0.1) is 5.92 Å². The first-order valence-corrected chi connectivity index (χ1v) is 14.1. The Morgan fingerprint density at radius 3 is 2.59 bits per heavy atom. The van der Waals surface area contributed by atoms with Crippen molar-refractivity contribution in [1.29, 1.82) is 0 Å². The molecule has 0 aliphatic heterocycles. The molecule has 0 spiro atoms. The SMILES string of the molecule is Cn1cc(C2C[C@H]2c2c(C(=O)O)cnn2-c2cccc(-c3cccc(SCC4CCCCC4)c3)c2)nn1. The summed E-state index contributed by atoms with van der Waals surface area (Å²) in [6.45, 7) is 0. The predicted molar refractivity (Wildman–Crippen MR) is 144 cm³/mol. The van der Waals surface area contributed by atoms with Gasteiger partial charge >= 0.3 is 5.97 Å². The number of nitrogens with zero attached hydrogens (tertiary/aromatic N) is 5. The van der Waals surface area contributed by atoms with E-state index in [0.29, 0.717) is 0 Å². The summed E-state index contributed by atoms with van der Waals surface area (Å²) in [5.74, 6) is 1.27. The Morgan fingerprint density at radius 2 is 1.84 bits per heavy atom. The minimum Gasteiger partial charge on any atom is -0.478 e. The minimum absolute atomic E-state index is 0.0495. The van der Waals surface area contributed by atoms with Crippen molar-refractivity contribution in [2.75, 3.05) is 5.75 Å². The topological polar surface area (TPSA) is 85.8 Å². The van der Waals surface area contributed by atoms with Crippen LogP contribution in [0.2, 0.25) is 0 Å². The van der Waals surface area contributed by atoms with Gasteiger partial charge in [0.1, 0.15) is 5.56 Å². The van der Waals surface area contributed by atoms with Crippen LogP contribution in [0.5, 0.6) is 0 Å². The molecule has 2 fully saturated rings. The summed E-state index contributed by atoms with van der Waals surface area (Å²) in [7, 11) is 1.84. The molecule has 2 aromatic carbocycles. The van der Waals surface area contributed by atoms with Gasteiger partial charge in [0.2, 0.25) is 0 Å². The molecule has 0 radical (unpaired) electrons. The Kier molecular flexibility index (Phi) is 6.59. The van der Waals surface area contributed by atoms with Gasteiger partial charge < -0.3 is 5.11 Å². The second-order valence-electron chi connectivity index (χ2n) is 10.3. The first-order valence-electron chi connectivity index (χ1n) is 13.1. The summed E-state index contributed by atoms with van der Waals surface area (Å²) in [5.41, 5.74) is 5.00. The largest absolute Gasteiger partial charge is 0.478 e. The van der Waals surface area contributed by atoms with Crippen LogP contribution < -0.4 is 0 Å². The Morgan fingerprint density at radius 1 is 1.05 bits per heavy atom. The summed E-state index contributed by atoms with van der Waals surface area (Å²) in [5, 5.41) is 22.7. The highest BCUT2D eigenvalue weighted by Crippen LogP contribution is 2.55. The Balaban J connectivity index is 1.27. The highest BCUT2D eigenvalue weighted by atomic mass is 32.2. The summed E-state index contributed by atoms with van der Waals surface area (Å²) < 4.78 is 3.49. The fourth-order valence-electron chi connectivity index (χ4n) is 5.59. The van der Waals surface area contributed by atoms with Crippen molar-refractivity contribution in [3.63, 3.8) is 0 Å². The molecule has 6 rings (SSSR count). The van der Waals surface area contributed by atoms with Crippen LogP contribution in [0.4, 0.5) is 0 Å². The molecule has 190 valence electrons. The van der Waals surface area contributed by atoms with Gasteiger partial charge in [-0.25, -0.2) is 9.48 Å². The highest BCUT2D eigenvalue weighted by molar-refractivity contribution is 7.99. The van der Waals surface area contributed by atoms with Crippen molar-refractivity contribution in [1.82, 2.24) is 24.8 Å². The van der Waals surface area contributed by atoms with Crippen molar-refractivity contribution in [2.24, 2.45) is 13.0 Å². The van der Waals surface area contributed by atoms with E-state index in [1.54, 1.807) is 9.36 Å². The molecule has 7 nitrogen and oxygen atoms in total. The molecule has 1 unspecified atom stereocenters. The fourth-order valence-corrected chi connectivity index (χ4v) is 6.74. The number of aromatic carboxylic acids is 1. The number of rotatable bonds is 8. The number of hydrogen-bond acceptors (Lipinski definition) is 5. The highest BCUT2D eigenvalue weighted by Gasteiger charge is 2.46. The summed E-state index contributed by atoms with van der Waals surface area (Å²) in [4.78, 5) is 13.4. The molecule has 2 aromatic heterocycles. The molecule has 37 heavy (non-hydrogen) atoms. The molecule has 0 bridgehead atoms. The van der Waals surface area contributed by atoms with Crippen LogP contribution in [0.3, 0.4) is 0 Å². The molecule has 2 saturated carbocycles. The maximum atomic E-state index is 12.1. The molecule has 0 amide bonds. The second-order valence-corrected chi connectivity index (χ2v) is 11.4. The number of carboxylic acids is 1. The molecule has 2 heterocycles. The number of benzene rings is 2. The molecule has 1 N–H and O–H groups in total. The molecule has 2 aliphatic rings. The normalized spacial score (nSPS) is 19.7. The first-order chi connectivity index (χ1) is 18.1. The van der Waals surface area contributed by atoms with Crippen LogP contribution >= 0.6 is 11.8 Å². The molecular weight excluding hydrogens is 482 g/mol. The molecule has 2 aliphatic carbocycles. The van der Waals surface area contributed by atoms with Crippen molar-refractivity contribution in [3.05, 3.63) is 77.9 Å². The zero-order valence-electron chi connectivity index (χ0n) is 21.0. The van der Waals surface area contributed by atoms with Gasteiger partial charge in [0.05, 0.1) is 23.3 Å². The van der Waals surface area contributed by atoms with E-state index < -0.39 is 5.97 Å². The van der Waals surface area contributed by atoms with Gasteiger partial charge in [-0.3, -0.25) is 4.68 Å². The maximum absolute atomic E-state index is 12.1. The number of thioether (sulfide) groups is 1. The van der Waals surface area contributed by atoms with E-state index in [-0.39, 0.29) is 17.4 Å². The lowest BCUT2D eigenvalue weighted by Gasteiger charge is -2.21. The van der Waals surface area contributed by atoms with Crippen LogP contribution in [-0.4, -0.2) is 41.6 Å². The number of aromatic nitrogens is 5. The number of carboxylic acid groups (broad SMARTS) is 1. The average molecular weight is 514 g/mol. The number of carbonyl (C=O) groups is 1. The third-order valence-corrected chi connectivity index (χ3v) is 8.87. The molecule has 8 heteroatoms. The first kappa shape index (κ1) is 24.0. The zero-order chi connectivity index (χ0) is 25.4. The van der Waals surface area contributed by atoms with Gasteiger partial charge in [-0.2, -0.15) is 5.10 Å².